The lowest BCUT2D eigenvalue weighted by molar-refractivity contribution is -0.137. The minimum atomic E-state index is -4.69. The fourth-order valence-corrected chi connectivity index (χ4v) is 5.48. The quantitative estimate of drug-likeness (QED) is 0.538. The lowest BCUT2D eigenvalue weighted by Crippen LogP contribution is -2.47. The van der Waals surface area contributed by atoms with E-state index < -0.39 is 51.5 Å². The Balaban J connectivity index is 1.54. The van der Waals surface area contributed by atoms with Crippen molar-refractivity contribution in [1.82, 2.24) is 14.5 Å². The molecule has 1 heterocycles. The van der Waals surface area contributed by atoms with Crippen molar-refractivity contribution in [2.24, 2.45) is 5.92 Å². The Hall–Kier alpha value is -2.99. The summed E-state index contributed by atoms with van der Waals surface area (Å²) in [5, 5.41) is 2.77. The molecular weight excluding hydrogens is 514 g/mol. The van der Waals surface area contributed by atoms with E-state index in [0.29, 0.717) is 31.7 Å². The van der Waals surface area contributed by atoms with Crippen LogP contribution in [0.1, 0.15) is 53.2 Å². The molecule has 37 heavy (non-hydrogen) atoms. The molecule has 2 aromatic carbocycles. The zero-order valence-corrected chi connectivity index (χ0v) is 21.1. The molecule has 200 valence electrons. The standard InChI is InChI=1S/C25H27F4N3O4S/c1-31(2)37(35,36)18-6-3-5-16(13-18)24(34)32-12-4-7-21(32)23(33)30-22(15-8-9-15)19-11-10-17(14-20(19)26)25(27,28)29/h3,5-6,10-11,13-15,21-22H,4,7-9,12H2,1-2H3,(H,30,33)/t21-,22-/m1/s1. The summed E-state index contributed by atoms with van der Waals surface area (Å²) in [5.41, 5.74) is -1.03. The molecule has 0 bridgehead atoms. The Labute approximate surface area is 212 Å². The van der Waals surface area contributed by atoms with E-state index in [9.17, 15) is 35.6 Å². The molecule has 1 N–H and O–H groups in total. The SMILES string of the molecule is CN(C)S(=O)(=O)c1cccc(C(=O)N2CCC[C@@H]2C(=O)N[C@@H](c2ccc(C(F)(F)F)cc2F)C2CC2)c1. The smallest absolute Gasteiger partial charge is 0.347 e. The molecule has 2 fully saturated rings. The van der Waals surface area contributed by atoms with Crippen LogP contribution in [-0.2, 0) is 21.0 Å². The molecule has 1 aliphatic heterocycles. The summed E-state index contributed by atoms with van der Waals surface area (Å²) in [5.74, 6) is -2.21. The number of carbonyl (C=O) groups is 2. The number of hydrogen-bond donors (Lipinski definition) is 1. The van der Waals surface area contributed by atoms with Crippen LogP contribution in [0, 0.1) is 11.7 Å². The van der Waals surface area contributed by atoms with Crippen molar-refractivity contribution in [1.29, 1.82) is 0 Å². The number of halogens is 4. The Morgan fingerprint density at radius 2 is 1.78 bits per heavy atom. The average Bonchev–Trinajstić information content (AvgIpc) is 3.56. The highest BCUT2D eigenvalue weighted by Crippen LogP contribution is 2.43. The monoisotopic (exact) mass is 541 g/mol. The summed E-state index contributed by atoms with van der Waals surface area (Å²) < 4.78 is 79.6. The minimum Gasteiger partial charge on any atom is -0.347 e. The third-order valence-corrected chi connectivity index (χ3v) is 8.54. The van der Waals surface area contributed by atoms with E-state index >= 15 is 0 Å². The van der Waals surface area contributed by atoms with Gasteiger partial charge in [0, 0.05) is 31.8 Å². The number of nitrogens with one attached hydrogen (secondary N) is 1. The van der Waals surface area contributed by atoms with Crippen molar-refractivity contribution in [2.75, 3.05) is 20.6 Å². The van der Waals surface area contributed by atoms with E-state index in [2.05, 4.69) is 5.32 Å². The zero-order valence-electron chi connectivity index (χ0n) is 20.3. The van der Waals surface area contributed by atoms with Gasteiger partial charge in [-0.15, -0.1) is 0 Å². The molecule has 0 aromatic heterocycles. The maximum atomic E-state index is 14.7. The summed E-state index contributed by atoms with van der Waals surface area (Å²) in [6, 6.07) is 6.13. The number of carbonyl (C=O) groups excluding carboxylic acids is 2. The van der Waals surface area contributed by atoms with Gasteiger partial charge in [0.1, 0.15) is 11.9 Å². The molecule has 0 unspecified atom stereocenters. The number of rotatable bonds is 7. The van der Waals surface area contributed by atoms with Crippen molar-refractivity contribution in [3.63, 3.8) is 0 Å². The van der Waals surface area contributed by atoms with E-state index in [-0.39, 0.29) is 28.5 Å². The Kier molecular flexibility index (Phi) is 7.35. The fourth-order valence-electron chi connectivity index (χ4n) is 4.53. The summed E-state index contributed by atoms with van der Waals surface area (Å²) in [7, 11) is -1.02. The molecule has 4 rings (SSSR count). The van der Waals surface area contributed by atoms with Crippen molar-refractivity contribution >= 4 is 21.8 Å². The van der Waals surface area contributed by atoms with Gasteiger partial charge >= 0.3 is 6.18 Å². The lowest BCUT2D eigenvalue weighted by Gasteiger charge is -2.27. The van der Waals surface area contributed by atoms with Crippen LogP contribution in [0.15, 0.2) is 47.4 Å². The van der Waals surface area contributed by atoms with Gasteiger partial charge in [-0.05, 0) is 61.9 Å². The van der Waals surface area contributed by atoms with Gasteiger partial charge in [0.05, 0.1) is 16.5 Å². The first-order valence-electron chi connectivity index (χ1n) is 11.8. The zero-order chi connectivity index (χ0) is 27.1. The number of alkyl halides is 3. The number of likely N-dealkylation sites (tertiary alicyclic amines) is 1. The Morgan fingerprint density at radius 1 is 1.08 bits per heavy atom. The van der Waals surface area contributed by atoms with Gasteiger partial charge in [-0.1, -0.05) is 12.1 Å². The number of amides is 2. The molecule has 12 heteroatoms. The molecule has 1 saturated carbocycles. The third kappa shape index (κ3) is 5.64. The van der Waals surface area contributed by atoms with Crippen molar-refractivity contribution in [3.8, 4) is 0 Å². The first-order chi connectivity index (χ1) is 17.3. The predicted molar refractivity (Wildman–Crippen MR) is 126 cm³/mol. The summed E-state index contributed by atoms with van der Waals surface area (Å²) in [4.78, 5) is 27.8. The third-order valence-electron chi connectivity index (χ3n) is 6.73. The van der Waals surface area contributed by atoms with E-state index in [1.54, 1.807) is 0 Å². The molecule has 2 atom stereocenters. The van der Waals surface area contributed by atoms with Gasteiger partial charge in [-0.2, -0.15) is 13.2 Å². The molecule has 1 saturated heterocycles. The van der Waals surface area contributed by atoms with Crippen molar-refractivity contribution < 1.29 is 35.6 Å². The van der Waals surface area contributed by atoms with Crippen LogP contribution in [-0.4, -0.2) is 56.1 Å². The first-order valence-corrected chi connectivity index (χ1v) is 13.3. The first kappa shape index (κ1) is 27.1. The second kappa shape index (κ2) is 10.1. The van der Waals surface area contributed by atoms with Crippen LogP contribution >= 0.6 is 0 Å². The highest BCUT2D eigenvalue weighted by atomic mass is 32.2. The van der Waals surface area contributed by atoms with Gasteiger partial charge in [0.15, 0.2) is 0 Å². The molecule has 0 spiro atoms. The predicted octanol–water partition coefficient (Wildman–Crippen LogP) is 3.97. The van der Waals surface area contributed by atoms with Crippen molar-refractivity contribution in [3.05, 3.63) is 65.0 Å². The van der Waals surface area contributed by atoms with Crippen LogP contribution in [0.4, 0.5) is 17.6 Å². The number of benzene rings is 2. The summed E-state index contributed by atoms with van der Waals surface area (Å²) in [6.07, 6.45) is -2.44. The van der Waals surface area contributed by atoms with Gasteiger partial charge in [-0.25, -0.2) is 17.1 Å². The van der Waals surface area contributed by atoms with Crippen LogP contribution in [0.25, 0.3) is 0 Å². The van der Waals surface area contributed by atoms with Crippen LogP contribution in [0.5, 0.6) is 0 Å². The number of nitrogens with zero attached hydrogens (tertiary/aromatic N) is 2. The molecular formula is C25H27F4N3O4S. The highest BCUT2D eigenvalue weighted by Gasteiger charge is 2.40. The molecule has 2 aliphatic rings. The summed E-state index contributed by atoms with van der Waals surface area (Å²) in [6.45, 7) is 0.268. The van der Waals surface area contributed by atoms with E-state index in [1.165, 1.54) is 43.3 Å². The van der Waals surface area contributed by atoms with E-state index in [1.807, 2.05) is 0 Å². The summed E-state index contributed by atoms with van der Waals surface area (Å²) >= 11 is 0. The highest BCUT2D eigenvalue weighted by molar-refractivity contribution is 7.89. The van der Waals surface area contributed by atoms with Crippen LogP contribution < -0.4 is 5.32 Å². The van der Waals surface area contributed by atoms with Crippen LogP contribution in [0.3, 0.4) is 0 Å². The number of sulfonamides is 1. The van der Waals surface area contributed by atoms with Gasteiger partial charge in [-0.3, -0.25) is 9.59 Å². The molecule has 7 nitrogen and oxygen atoms in total. The van der Waals surface area contributed by atoms with E-state index in [0.717, 1.165) is 16.4 Å². The normalized spacial score (nSPS) is 19.2. The maximum absolute atomic E-state index is 14.7. The van der Waals surface area contributed by atoms with Gasteiger partial charge in [0.25, 0.3) is 5.91 Å². The van der Waals surface area contributed by atoms with Gasteiger partial charge in [0.2, 0.25) is 15.9 Å². The molecule has 2 amide bonds. The Morgan fingerprint density at radius 3 is 2.38 bits per heavy atom. The topological polar surface area (TPSA) is 86.8 Å². The molecule has 2 aromatic rings. The van der Waals surface area contributed by atoms with Crippen molar-refractivity contribution in [2.45, 2.75) is 48.8 Å². The molecule has 0 radical (unpaired) electrons. The average molecular weight is 542 g/mol. The largest absolute Gasteiger partial charge is 0.416 e. The fraction of sp³-hybridized carbons (Fsp3) is 0.440. The maximum Gasteiger partial charge on any atom is 0.416 e. The second-order valence-corrected chi connectivity index (χ2v) is 11.7. The van der Waals surface area contributed by atoms with E-state index in [4.69, 9.17) is 0 Å². The van der Waals surface area contributed by atoms with Gasteiger partial charge < -0.3 is 10.2 Å². The lowest BCUT2D eigenvalue weighted by atomic mass is 9.99. The molecule has 1 aliphatic carbocycles. The minimum absolute atomic E-state index is 0.0266. The number of hydrogen-bond acceptors (Lipinski definition) is 4. The Bertz CT molecular complexity index is 1310. The van der Waals surface area contributed by atoms with Crippen LogP contribution in [0.2, 0.25) is 0 Å². The second-order valence-electron chi connectivity index (χ2n) is 9.53.